The molecule has 1 aliphatic carbocycles. The third-order valence-electron chi connectivity index (χ3n) is 6.50. The van der Waals surface area contributed by atoms with Crippen LogP contribution in [-0.4, -0.2) is 34.1 Å². The summed E-state index contributed by atoms with van der Waals surface area (Å²) >= 11 is 30.9. The van der Waals surface area contributed by atoms with E-state index >= 15 is 0 Å². The predicted molar refractivity (Wildman–Crippen MR) is 156 cm³/mol. The van der Waals surface area contributed by atoms with Crippen molar-refractivity contribution >= 4 is 92.8 Å². The van der Waals surface area contributed by atoms with Gasteiger partial charge in [0.15, 0.2) is 12.0 Å². The summed E-state index contributed by atoms with van der Waals surface area (Å²) in [5.74, 6) is -13.2. The highest BCUT2D eigenvalue weighted by atomic mass is 35.5. The van der Waals surface area contributed by atoms with Crippen LogP contribution in [0.4, 0.5) is 39.0 Å². The van der Waals surface area contributed by atoms with E-state index in [0.717, 1.165) is 12.1 Å². The number of carbonyl (C=O) groups excluding carboxylic acids is 3. The summed E-state index contributed by atoms with van der Waals surface area (Å²) in [5, 5.41) is 6.33. The minimum Gasteiger partial charge on any atom is -0.326 e. The summed E-state index contributed by atoms with van der Waals surface area (Å²) in [5.41, 5.74) is -1.73. The van der Waals surface area contributed by atoms with Crippen molar-refractivity contribution in [2.75, 3.05) is 16.0 Å². The van der Waals surface area contributed by atoms with Gasteiger partial charge in [-0.2, -0.15) is 8.78 Å². The van der Waals surface area contributed by atoms with E-state index in [2.05, 4.69) is 10.6 Å². The van der Waals surface area contributed by atoms with Crippen molar-refractivity contribution in [3.05, 3.63) is 86.4 Å². The maximum Gasteiger partial charge on any atom is 0.354 e. The van der Waals surface area contributed by atoms with Crippen LogP contribution in [0.2, 0.25) is 15.1 Å². The fraction of sp³-hybridized carbons (Fsp3) is 0.222. The maximum atomic E-state index is 15.0. The van der Waals surface area contributed by atoms with Gasteiger partial charge in [-0.15, -0.1) is 23.2 Å². The zero-order valence-electron chi connectivity index (χ0n) is 21.4. The van der Waals surface area contributed by atoms with E-state index < -0.39 is 69.0 Å². The largest absolute Gasteiger partial charge is 0.354 e. The molecule has 0 saturated heterocycles. The number of alkyl halides is 5. The highest BCUT2D eigenvalue weighted by Crippen LogP contribution is 2.65. The zero-order chi connectivity index (χ0) is 32.0. The highest BCUT2D eigenvalue weighted by molar-refractivity contribution is 6.53. The first-order chi connectivity index (χ1) is 20.0. The number of anilines is 3. The van der Waals surface area contributed by atoms with Crippen LogP contribution < -0.4 is 16.0 Å². The number of carbonyl (C=O) groups is 3. The quantitative estimate of drug-likeness (QED) is 0.162. The maximum absolute atomic E-state index is 15.0. The zero-order valence-corrected chi connectivity index (χ0v) is 25.1. The average molecular weight is 704 g/mol. The second-order valence-corrected chi connectivity index (χ2v) is 12.1. The Morgan fingerprint density at radius 3 is 2.16 bits per heavy atom. The van der Waals surface area contributed by atoms with E-state index in [0.29, 0.717) is 23.6 Å². The molecule has 16 heteroatoms. The lowest BCUT2D eigenvalue weighted by Crippen LogP contribution is -2.42. The summed E-state index contributed by atoms with van der Waals surface area (Å²) in [6, 6.07) is 9.76. The fourth-order valence-electron chi connectivity index (χ4n) is 4.10. The molecule has 1 aliphatic rings. The first-order valence-corrected chi connectivity index (χ1v) is 13.9. The van der Waals surface area contributed by atoms with Crippen molar-refractivity contribution in [2.24, 2.45) is 5.92 Å². The normalized spacial score (nSPS) is 18.0. The molecule has 3 aromatic carbocycles. The molecule has 0 aliphatic heterocycles. The number of nitrogens with one attached hydrogen (secondary N) is 3. The molecule has 1 unspecified atom stereocenters. The number of hydrogen-bond acceptors (Lipinski definition) is 3. The van der Waals surface area contributed by atoms with Gasteiger partial charge in [0, 0.05) is 11.6 Å². The summed E-state index contributed by atoms with van der Waals surface area (Å²) in [4.78, 5) is 37.7. The molecule has 3 amide bonds. The first kappa shape index (κ1) is 33.1. The Bertz CT molecular complexity index is 1640. The molecule has 3 atom stereocenters. The molecule has 1 fully saturated rings. The third-order valence-corrected chi connectivity index (χ3v) is 8.51. The highest BCUT2D eigenvalue weighted by Gasteiger charge is 2.67. The Morgan fingerprint density at radius 2 is 1.53 bits per heavy atom. The monoisotopic (exact) mass is 701 g/mol. The molecule has 3 N–H and O–H groups in total. The Kier molecular flexibility index (Phi) is 9.44. The molecule has 228 valence electrons. The third kappa shape index (κ3) is 6.66. The second kappa shape index (κ2) is 12.3. The topological polar surface area (TPSA) is 87.3 Å². The predicted octanol–water partition coefficient (Wildman–Crippen LogP) is 8.64. The molecular formula is C27H17Cl5F5N3O3. The molecule has 4 rings (SSSR count). The van der Waals surface area contributed by atoms with Gasteiger partial charge in [0.1, 0.15) is 15.8 Å². The lowest BCUT2D eigenvalue weighted by molar-refractivity contribution is -0.148. The van der Waals surface area contributed by atoms with E-state index in [1.807, 2.05) is 0 Å². The Labute approximate surface area is 265 Å². The van der Waals surface area contributed by atoms with Crippen molar-refractivity contribution in [3.8, 4) is 0 Å². The van der Waals surface area contributed by atoms with E-state index in [1.165, 1.54) is 29.6 Å². The summed E-state index contributed by atoms with van der Waals surface area (Å²) in [6.45, 7) is 0.392. The van der Waals surface area contributed by atoms with E-state index in [9.17, 15) is 36.3 Å². The Balaban J connectivity index is 1.51. The first-order valence-electron chi connectivity index (χ1n) is 12.0. The van der Waals surface area contributed by atoms with E-state index in [4.69, 9.17) is 58.0 Å². The van der Waals surface area contributed by atoms with E-state index in [-0.39, 0.29) is 21.3 Å². The van der Waals surface area contributed by atoms with Gasteiger partial charge in [-0.05, 0) is 55.0 Å². The van der Waals surface area contributed by atoms with Crippen LogP contribution in [0.15, 0.2) is 48.5 Å². The van der Waals surface area contributed by atoms with Gasteiger partial charge < -0.3 is 16.0 Å². The van der Waals surface area contributed by atoms with Crippen LogP contribution in [0.3, 0.4) is 0 Å². The van der Waals surface area contributed by atoms with Gasteiger partial charge >= 0.3 is 5.92 Å². The van der Waals surface area contributed by atoms with Gasteiger partial charge in [0.2, 0.25) is 5.91 Å². The standard InChI is InChI=1S/C27H17Cl5F5N3O3/c1-10(33)27(36,37)25(43)40-22-17(34)6-7-18(21(22)35)39-23(41)13-9-12(3-5-14(13)28)38-24(42)20-19(26(20,31)32)11-2-4-15(29)16(30)8-11/h2-10,19-20H,1H3,(H,38,42)(H,39,41)(H,40,43)/t10?,19-,20+/m0/s1. The minimum atomic E-state index is -4.59. The number of amides is 3. The molecule has 0 radical (unpaired) electrons. The SMILES string of the molecule is CC(F)C(F)(F)C(=O)Nc1c(F)ccc(NC(=O)c2cc(NC(=O)[C@H]3[C@H](c4ccc(Cl)c(Cl)c4)C3(Cl)Cl)ccc2Cl)c1F. The van der Waals surface area contributed by atoms with Crippen LogP contribution in [0, 0.1) is 17.6 Å². The lowest BCUT2D eigenvalue weighted by atomic mass is 10.1. The van der Waals surface area contributed by atoms with Crippen molar-refractivity contribution in [1.29, 1.82) is 0 Å². The molecule has 0 aromatic heterocycles. The van der Waals surface area contributed by atoms with Crippen LogP contribution in [0.1, 0.15) is 28.8 Å². The molecule has 0 heterocycles. The fourth-order valence-corrected chi connectivity index (χ4v) is 5.44. The molecular weight excluding hydrogens is 687 g/mol. The Morgan fingerprint density at radius 1 is 0.884 bits per heavy atom. The van der Waals surface area contributed by atoms with Gasteiger partial charge in [-0.25, -0.2) is 13.2 Å². The average Bonchev–Trinajstić information content (AvgIpc) is 3.52. The number of halogens is 10. The summed E-state index contributed by atoms with van der Waals surface area (Å²) < 4.78 is 68.1. The molecule has 0 bridgehead atoms. The number of benzene rings is 3. The van der Waals surface area contributed by atoms with Crippen molar-refractivity contribution < 1.29 is 36.3 Å². The van der Waals surface area contributed by atoms with Gasteiger partial charge in [-0.1, -0.05) is 40.9 Å². The van der Waals surface area contributed by atoms with Crippen LogP contribution in [0.25, 0.3) is 0 Å². The molecule has 3 aromatic rings. The van der Waals surface area contributed by atoms with Gasteiger partial charge in [0.25, 0.3) is 11.8 Å². The van der Waals surface area contributed by atoms with Crippen molar-refractivity contribution in [1.82, 2.24) is 0 Å². The summed E-state index contributed by atoms with van der Waals surface area (Å²) in [7, 11) is 0. The molecule has 6 nitrogen and oxygen atoms in total. The molecule has 1 saturated carbocycles. The van der Waals surface area contributed by atoms with Crippen LogP contribution in [-0.2, 0) is 9.59 Å². The van der Waals surface area contributed by atoms with Gasteiger partial charge in [-0.3, -0.25) is 14.4 Å². The van der Waals surface area contributed by atoms with Crippen molar-refractivity contribution in [2.45, 2.75) is 29.3 Å². The Hall–Kier alpha value is -2.83. The molecule has 0 spiro atoms. The lowest BCUT2D eigenvalue weighted by Gasteiger charge is -2.18. The second-order valence-electron chi connectivity index (χ2n) is 9.42. The van der Waals surface area contributed by atoms with Crippen molar-refractivity contribution in [3.63, 3.8) is 0 Å². The number of hydrogen-bond donors (Lipinski definition) is 3. The minimum absolute atomic E-state index is 0.0681. The summed E-state index contributed by atoms with van der Waals surface area (Å²) in [6.07, 6.45) is -2.96. The van der Waals surface area contributed by atoms with Crippen LogP contribution >= 0.6 is 58.0 Å². The van der Waals surface area contributed by atoms with Gasteiger partial charge in [0.05, 0.1) is 32.2 Å². The smallest absolute Gasteiger partial charge is 0.326 e. The van der Waals surface area contributed by atoms with Crippen LogP contribution in [0.5, 0.6) is 0 Å². The molecule has 43 heavy (non-hydrogen) atoms. The van der Waals surface area contributed by atoms with E-state index in [1.54, 1.807) is 6.07 Å². The number of rotatable bonds is 8.